The summed E-state index contributed by atoms with van der Waals surface area (Å²) in [5.74, 6) is 0. The zero-order valence-electron chi connectivity index (χ0n) is 16.5. The zero-order chi connectivity index (χ0) is 21.7. The molecule has 0 bridgehead atoms. The van der Waals surface area contributed by atoms with Gasteiger partial charge in [-0.15, -0.1) is 0 Å². The average molecular weight is 434 g/mol. The average Bonchev–Trinajstić information content (AvgIpc) is 2.47. The molecule has 0 atom stereocenters. The molecule has 3 nitrogen and oxygen atoms in total. The Hall–Kier alpha value is -1.73. The molecule has 154 valence electrons. The van der Waals surface area contributed by atoms with Crippen LogP contribution in [0.3, 0.4) is 0 Å². The number of nitrogens with one attached hydrogen (secondary N) is 1. The molecule has 8 heteroatoms. The summed E-state index contributed by atoms with van der Waals surface area (Å²) in [6.45, 7) is 10.8. The maximum Gasteiger partial charge on any atom is 0.417 e. The summed E-state index contributed by atoms with van der Waals surface area (Å²) in [5.41, 5.74) is 0.679. The maximum absolute atomic E-state index is 13.2. The van der Waals surface area contributed by atoms with E-state index < -0.39 is 26.8 Å². The first kappa shape index (κ1) is 22.6. The van der Waals surface area contributed by atoms with Crippen molar-refractivity contribution in [1.82, 2.24) is 0 Å². The second-order valence-electron chi connectivity index (χ2n) is 7.97. The van der Waals surface area contributed by atoms with Crippen molar-refractivity contribution in [2.45, 2.75) is 58.0 Å². The highest BCUT2D eigenvalue weighted by molar-refractivity contribution is 7.92. The normalized spacial score (nSPS) is 12.9. The minimum atomic E-state index is -4.69. The zero-order valence-corrected chi connectivity index (χ0v) is 18.1. The third-order valence-electron chi connectivity index (χ3n) is 4.36. The van der Waals surface area contributed by atoms with Crippen LogP contribution in [0.1, 0.15) is 48.6 Å². The summed E-state index contributed by atoms with van der Waals surface area (Å²) in [6, 6.07) is 5.72. The highest BCUT2D eigenvalue weighted by Crippen LogP contribution is 2.40. The van der Waals surface area contributed by atoms with Gasteiger partial charge in [-0.1, -0.05) is 44.5 Å². The minimum Gasteiger partial charge on any atom is -0.278 e. The Morgan fingerprint density at radius 3 is 1.86 bits per heavy atom. The van der Waals surface area contributed by atoms with Gasteiger partial charge in [-0.3, -0.25) is 4.72 Å². The van der Waals surface area contributed by atoms with Gasteiger partial charge >= 0.3 is 6.18 Å². The molecule has 0 spiro atoms. The van der Waals surface area contributed by atoms with Gasteiger partial charge in [-0.25, -0.2) is 8.42 Å². The largest absolute Gasteiger partial charge is 0.417 e. The molecule has 0 heterocycles. The number of halogens is 4. The van der Waals surface area contributed by atoms with Crippen molar-refractivity contribution in [2.75, 3.05) is 4.72 Å². The van der Waals surface area contributed by atoms with E-state index in [1.807, 2.05) is 20.8 Å². The van der Waals surface area contributed by atoms with Gasteiger partial charge in [0, 0.05) is 0 Å². The van der Waals surface area contributed by atoms with Crippen LogP contribution in [0, 0.1) is 20.8 Å². The first-order valence-electron chi connectivity index (χ1n) is 8.56. The second kappa shape index (κ2) is 7.26. The summed E-state index contributed by atoms with van der Waals surface area (Å²) < 4.78 is 67.8. The van der Waals surface area contributed by atoms with Crippen LogP contribution in [0.2, 0.25) is 5.02 Å². The van der Waals surface area contributed by atoms with Crippen molar-refractivity contribution in [3.8, 4) is 0 Å². The van der Waals surface area contributed by atoms with E-state index in [0.717, 1.165) is 11.6 Å². The highest BCUT2D eigenvalue weighted by Gasteiger charge is 2.35. The Kier molecular flexibility index (Phi) is 5.85. The number of alkyl halides is 3. The fourth-order valence-corrected chi connectivity index (χ4v) is 4.89. The van der Waals surface area contributed by atoms with Gasteiger partial charge in [0.2, 0.25) is 0 Å². The van der Waals surface area contributed by atoms with Crippen LogP contribution in [-0.4, -0.2) is 8.42 Å². The lowest BCUT2D eigenvalue weighted by Gasteiger charge is -2.23. The standard InChI is InChI=1S/C20H23ClF3NO2S/c1-11-7-15(20(22,23)24)17(21)16(8-11)25-28(26,27)18-12(2)9-14(10-13(18)3)19(4,5)6/h7-10,25H,1-6H3. The predicted octanol–water partition coefficient (Wildman–Crippen LogP) is 6.38. The van der Waals surface area contributed by atoms with Gasteiger partial charge < -0.3 is 0 Å². The molecule has 2 aromatic carbocycles. The summed E-state index contributed by atoms with van der Waals surface area (Å²) in [6.07, 6.45) is -4.69. The van der Waals surface area contributed by atoms with Gasteiger partial charge in [-0.05, 0) is 60.6 Å². The van der Waals surface area contributed by atoms with Gasteiger partial charge in [-0.2, -0.15) is 13.2 Å². The number of benzene rings is 2. The van der Waals surface area contributed by atoms with Crippen LogP contribution in [-0.2, 0) is 21.6 Å². The summed E-state index contributed by atoms with van der Waals surface area (Å²) >= 11 is 5.88. The molecule has 0 aromatic heterocycles. The molecule has 0 saturated heterocycles. The van der Waals surface area contributed by atoms with Crippen LogP contribution in [0.4, 0.5) is 18.9 Å². The van der Waals surface area contributed by atoms with E-state index in [1.165, 1.54) is 13.0 Å². The van der Waals surface area contributed by atoms with E-state index in [-0.39, 0.29) is 21.6 Å². The summed E-state index contributed by atoms with van der Waals surface area (Å²) in [4.78, 5) is 0.0339. The lowest BCUT2D eigenvalue weighted by molar-refractivity contribution is -0.137. The Balaban J connectivity index is 2.59. The Morgan fingerprint density at radius 1 is 0.929 bits per heavy atom. The molecule has 0 aliphatic carbocycles. The molecule has 0 radical (unpaired) electrons. The number of rotatable bonds is 3. The number of hydrogen-bond acceptors (Lipinski definition) is 2. The first-order valence-corrected chi connectivity index (χ1v) is 10.4. The summed E-state index contributed by atoms with van der Waals surface area (Å²) in [7, 11) is -4.14. The molecule has 28 heavy (non-hydrogen) atoms. The fraction of sp³-hybridized carbons (Fsp3) is 0.400. The first-order chi connectivity index (χ1) is 12.5. The summed E-state index contributed by atoms with van der Waals surface area (Å²) in [5, 5.41) is -0.678. The molecule has 0 aliphatic rings. The Labute approximate surface area is 169 Å². The van der Waals surface area contributed by atoms with Crippen LogP contribution in [0.5, 0.6) is 0 Å². The van der Waals surface area contributed by atoms with Crippen LogP contribution >= 0.6 is 11.6 Å². The van der Waals surface area contributed by atoms with Crippen molar-refractivity contribution >= 4 is 27.3 Å². The molecule has 0 unspecified atom stereocenters. The lowest BCUT2D eigenvalue weighted by atomic mass is 9.85. The Morgan fingerprint density at radius 2 is 1.43 bits per heavy atom. The lowest BCUT2D eigenvalue weighted by Crippen LogP contribution is -2.19. The highest BCUT2D eigenvalue weighted by atomic mass is 35.5. The molecule has 1 N–H and O–H groups in total. The van der Waals surface area contributed by atoms with Gasteiger partial charge in [0.1, 0.15) is 0 Å². The predicted molar refractivity (Wildman–Crippen MR) is 107 cm³/mol. The molecule has 0 aliphatic heterocycles. The van der Waals surface area contributed by atoms with Gasteiger partial charge in [0.25, 0.3) is 10.0 Å². The molecule has 0 fully saturated rings. The van der Waals surface area contributed by atoms with Crippen molar-refractivity contribution in [2.24, 2.45) is 0 Å². The molecule has 0 amide bonds. The topological polar surface area (TPSA) is 46.2 Å². The number of anilines is 1. The smallest absolute Gasteiger partial charge is 0.278 e. The van der Waals surface area contributed by atoms with Crippen LogP contribution in [0.25, 0.3) is 0 Å². The van der Waals surface area contributed by atoms with E-state index in [4.69, 9.17) is 11.6 Å². The van der Waals surface area contributed by atoms with E-state index in [9.17, 15) is 21.6 Å². The van der Waals surface area contributed by atoms with E-state index >= 15 is 0 Å². The van der Waals surface area contributed by atoms with E-state index in [0.29, 0.717) is 11.1 Å². The van der Waals surface area contributed by atoms with Crippen LogP contribution < -0.4 is 4.72 Å². The van der Waals surface area contributed by atoms with E-state index in [2.05, 4.69) is 4.72 Å². The van der Waals surface area contributed by atoms with Crippen molar-refractivity contribution in [1.29, 1.82) is 0 Å². The second-order valence-corrected chi connectivity index (χ2v) is 9.96. The van der Waals surface area contributed by atoms with Gasteiger partial charge in [0.05, 0.1) is 21.2 Å². The molecular formula is C20H23ClF3NO2S. The number of aryl methyl sites for hydroxylation is 3. The number of sulfonamides is 1. The van der Waals surface area contributed by atoms with Crippen molar-refractivity contribution < 1.29 is 21.6 Å². The molecular weight excluding hydrogens is 411 g/mol. The molecule has 2 aromatic rings. The molecule has 0 saturated carbocycles. The number of hydrogen-bond donors (Lipinski definition) is 1. The van der Waals surface area contributed by atoms with Crippen molar-refractivity contribution in [3.05, 3.63) is 57.1 Å². The monoisotopic (exact) mass is 433 g/mol. The Bertz CT molecular complexity index is 1000. The SMILES string of the molecule is Cc1cc(NS(=O)(=O)c2c(C)cc(C(C)(C)C)cc2C)c(Cl)c(C(F)(F)F)c1. The quantitative estimate of drug-likeness (QED) is 0.610. The van der Waals surface area contributed by atoms with Gasteiger partial charge in [0.15, 0.2) is 0 Å². The van der Waals surface area contributed by atoms with Crippen molar-refractivity contribution in [3.63, 3.8) is 0 Å². The maximum atomic E-state index is 13.2. The third kappa shape index (κ3) is 4.63. The van der Waals surface area contributed by atoms with E-state index in [1.54, 1.807) is 26.0 Å². The minimum absolute atomic E-state index is 0.0339. The molecule has 2 rings (SSSR count). The fourth-order valence-electron chi connectivity index (χ4n) is 3.05. The van der Waals surface area contributed by atoms with Crippen LogP contribution in [0.15, 0.2) is 29.2 Å². The third-order valence-corrected chi connectivity index (χ3v) is 6.44.